The van der Waals surface area contributed by atoms with Crippen LogP contribution in [0.25, 0.3) is 0 Å². The average Bonchev–Trinajstić information content (AvgIpc) is 2.59. The van der Waals surface area contributed by atoms with Crippen molar-refractivity contribution < 1.29 is 4.74 Å². The second kappa shape index (κ2) is 11.7. The topological polar surface area (TPSA) is 15.7 Å². The highest BCUT2D eigenvalue weighted by Gasteiger charge is 2.33. The van der Waals surface area contributed by atoms with E-state index in [0.29, 0.717) is 16.2 Å². The van der Waals surface area contributed by atoms with Crippen LogP contribution in [-0.4, -0.2) is 63.3 Å². The predicted molar refractivity (Wildman–Crippen MR) is 133 cm³/mol. The van der Waals surface area contributed by atoms with E-state index in [1.54, 1.807) is 0 Å². The fourth-order valence-electron chi connectivity index (χ4n) is 4.68. The first-order chi connectivity index (χ1) is 13.6. The molecule has 3 aliphatic heterocycles. The maximum Gasteiger partial charge on any atom is 0.0468 e. The summed E-state index contributed by atoms with van der Waals surface area (Å²) in [5.74, 6) is 2.75. The normalized spacial score (nSPS) is 23.7. The third-order valence-electron chi connectivity index (χ3n) is 7.68. The van der Waals surface area contributed by atoms with E-state index < -0.39 is 0 Å². The summed E-state index contributed by atoms with van der Waals surface area (Å²) in [6, 6.07) is 0. The van der Waals surface area contributed by atoms with Gasteiger partial charge in [-0.25, -0.2) is 0 Å². The third-order valence-corrected chi connectivity index (χ3v) is 7.68. The minimum absolute atomic E-state index is 0.490. The fraction of sp³-hybridized carbons (Fsp3) is 1.00. The largest absolute Gasteiger partial charge is 0.381 e. The molecule has 0 aliphatic carbocycles. The van der Waals surface area contributed by atoms with Crippen molar-refractivity contribution in [3.05, 3.63) is 0 Å². The molecule has 0 aromatic heterocycles. The molecular weight excluding hydrogens is 368 g/mol. The van der Waals surface area contributed by atoms with Gasteiger partial charge in [0.2, 0.25) is 0 Å². The zero-order chi connectivity index (χ0) is 23.2. The lowest BCUT2D eigenvalue weighted by Crippen LogP contribution is -2.49. The van der Waals surface area contributed by atoms with Crippen LogP contribution in [0.4, 0.5) is 0 Å². The molecule has 0 aromatic carbocycles. The summed E-state index contributed by atoms with van der Waals surface area (Å²) < 4.78 is 5.29. The van der Waals surface area contributed by atoms with Crippen LogP contribution in [-0.2, 0) is 4.74 Å². The molecule has 0 aromatic rings. The number of piperidine rings is 1. The van der Waals surface area contributed by atoms with Crippen LogP contribution < -0.4 is 0 Å². The van der Waals surface area contributed by atoms with E-state index in [1.165, 1.54) is 51.9 Å². The van der Waals surface area contributed by atoms with Gasteiger partial charge in [0.15, 0.2) is 0 Å². The van der Waals surface area contributed by atoms with Gasteiger partial charge in [0, 0.05) is 26.3 Å². The summed E-state index contributed by atoms with van der Waals surface area (Å²) >= 11 is 0. The molecule has 3 rings (SSSR count). The lowest BCUT2D eigenvalue weighted by atomic mass is 9.75. The second-order valence-corrected chi connectivity index (χ2v) is 13.5. The van der Waals surface area contributed by atoms with Crippen LogP contribution in [0, 0.1) is 34.0 Å². The summed E-state index contributed by atoms with van der Waals surface area (Å²) in [4.78, 5) is 4.80. The smallest absolute Gasteiger partial charge is 0.0468 e. The van der Waals surface area contributed by atoms with Crippen LogP contribution in [0.2, 0.25) is 0 Å². The predicted octanol–water partition coefficient (Wildman–Crippen LogP) is 6.43. The molecule has 3 aliphatic rings. The first kappa shape index (κ1) is 27.9. The maximum absolute atomic E-state index is 5.29. The van der Waals surface area contributed by atoms with E-state index in [2.05, 4.69) is 86.2 Å². The molecule has 0 spiro atoms. The Hall–Kier alpha value is -0.120. The van der Waals surface area contributed by atoms with Gasteiger partial charge < -0.3 is 14.5 Å². The van der Waals surface area contributed by atoms with Crippen molar-refractivity contribution >= 4 is 0 Å². The molecule has 3 fully saturated rings. The number of rotatable bonds is 0. The van der Waals surface area contributed by atoms with E-state index in [-0.39, 0.29) is 0 Å². The van der Waals surface area contributed by atoms with Crippen LogP contribution >= 0.6 is 0 Å². The summed E-state index contributed by atoms with van der Waals surface area (Å²) in [5, 5.41) is 0. The molecular formula is C27H56N2O. The number of likely N-dealkylation sites (tertiary alicyclic amines) is 2. The molecule has 0 bridgehead atoms. The van der Waals surface area contributed by atoms with Crippen molar-refractivity contribution in [2.45, 2.75) is 88.0 Å². The molecule has 0 radical (unpaired) electrons. The molecule has 30 heavy (non-hydrogen) atoms. The maximum atomic E-state index is 5.29. The zero-order valence-corrected chi connectivity index (χ0v) is 22.6. The Bertz CT molecular complexity index is 449. The summed E-state index contributed by atoms with van der Waals surface area (Å²) in [6.07, 6.45) is 5.28. The SMILES string of the molecule is CC(C)(C)C1CCOCC1.CN1CC(C(C)(C)C)C1.CN1CCC(C(C)(C)C)CC1. The molecule has 0 unspecified atom stereocenters. The van der Waals surface area contributed by atoms with Gasteiger partial charge in [0.05, 0.1) is 0 Å². The second-order valence-electron chi connectivity index (χ2n) is 13.5. The number of hydrogen-bond acceptors (Lipinski definition) is 3. The summed E-state index contributed by atoms with van der Waals surface area (Å²) in [5.41, 5.74) is 1.55. The van der Waals surface area contributed by atoms with Gasteiger partial charge in [-0.1, -0.05) is 62.3 Å². The van der Waals surface area contributed by atoms with Crippen LogP contribution in [0.5, 0.6) is 0 Å². The minimum Gasteiger partial charge on any atom is -0.381 e. The molecule has 0 atom stereocenters. The molecule has 3 saturated heterocycles. The van der Waals surface area contributed by atoms with Crippen molar-refractivity contribution in [3.63, 3.8) is 0 Å². The van der Waals surface area contributed by atoms with Crippen molar-refractivity contribution in [3.8, 4) is 0 Å². The van der Waals surface area contributed by atoms with Crippen LogP contribution in [0.15, 0.2) is 0 Å². The Kier molecular flexibility index (Phi) is 10.8. The molecule has 3 heteroatoms. The van der Waals surface area contributed by atoms with Crippen molar-refractivity contribution in [1.29, 1.82) is 0 Å². The lowest BCUT2D eigenvalue weighted by molar-refractivity contribution is 0.0286. The summed E-state index contributed by atoms with van der Waals surface area (Å²) in [7, 11) is 4.40. The lowest BCUT2D eigenvalue weighted by Gasteiger charge is -2.44. The number of hydrogen-bond donors (Lipinski definition) is 0. The fourth-order valence-corrected chi connectivity index (χ4v) is 4.68. The van der Waals surface area contributed by atoms with Gasteiger partial charge >= 0.3 is 0 Å². The van der Waals surface area contributed by atoms with Crippen molar-refractivity contribution in [2.75, 3.05) is 53.5 Å². The van der Waals surface area contributed by atoms with Crippen molar-refractivity contribution in [1.82, 2.24) is 9.80 Å². The van der Waals surface area contributed by atoms with E-state index >= 15 is 0 Å². The Labute approximate surface area is 190 Å². The Morgan fingerprint density at radius 2 is 0.900 bits per heavy atom. The first-order valence-corrected chi connectivity index (χ1v) is 12.6. The molecule has 0 amide bonds. The third kappa shape index (κ3) is 10.5. The van der Waals surface area contributed by atoms with Gasteiger partial charge in [-0.05, 0) is 86.9 Å². The Morgan fingerprint density at radius 1 is 0.533 bits per heavy atom. The Morgan fingerprint density at radius 3 is 1.17 bits per heavy atom. The van der Waals surface area contributed by atoms with Crippen LogP contribution in [0.1, 0.15) is 88.0 Å². The van der Waals surface area contributed by atoms with E-state index in [9.17, 15) is 0 Å². The van der Waals surface area contributed by atoms with E-state index in [1.807, 2.05) is 0 Å². The van der Waals surface area contributed by atoms with Gasteiger partial charge in [-0.15, -0.1) is 0 Å². The average molecular weight is 425 g/mol. The molecule has 180 valence electrons. The van der Waals surface area contributed by atoms with E-state index in [0.717, 1.165) is 31.0 Å². The highest BCUT2D eigenvalue weighted by atomic mass is 16.5. The quantitative estimate of drug-likeness (QED) is 0.446. The van der Waals surface area contributed by atoms with Crippen LogP contribution in [0.3, 0.4) is 0 Å². The highest BCUT2D eigenvalue weighted by molar-refractivity contribution is 4.85. The summed E-state index contributed by atoms with van der Waals surface area (Å²) in [6.45, 7) is 28.2. The zero-order valence-electron chi connectivity index (χ0n) is 22.6. The Balaban J connectivity index is 0.000000226. The number of ether oxygens (including phenoxy) is 1. The monoisotopic (exact) mass is 424 g/mol. The van der Waals surface area contributed by atoms with Crippen molar-refractivity contribution in [2.24, 2.45) is 34.0 Å². The first-order valence-electron chi connectivity index (χ1n) is 12.6. The minimum atomic E-state index is 0.490. The molecule has 3 nitrogen and oxygen atoms in total. The standard InChI is InChI=1S/C10H21N.C9H18O.C8H17N/c1-10(2,3)9-5-7-11(4)8-6-9;1-9(2,3)8-4-6-10-7-5-8;1-8(2,3)7-5-9(4)6-7/h9H,5-8H2,1-4H3;8H,4-7H2,1-3H3;7H,5-6H2,1-4H3. The van der Waals surface area contributed by atoms with E-state index in [4.69, 9.17) is 4.74 Å². The van der Waals surface area contributed by atoms with Gasteiger partial charge in [-0.2, -0.15) is 0 Å². The van der Waals surface area contributed by atoms with Gasteiger partial charge in [-0.3, -0.25) is 0 Å². The molecule has 3 heterocycles. The van der Waals surface area contributed by atoms with Gasteiger partial charge in [0.25, 0.3) is 0 Å². The molecule has 0 N–H and O–H groups in total. The highest BCUT2D eigenvalue weighted by Crippen LogP contribution is 2.34. The molecule has 0 saturated carbocycles. The number of nitrogens with zero attached hydrogens (tertiary/aromatic N) is 2. The van der Waals surface area contributed by atoms with Gasteiger partial charge in [0.1, 0.15) is 0 Å².